The Hall–Kier alpha value is -2.27. The SMILES string of the molecule is CCCC1=C(C(=O)O)C(c2ccccc2Cl)c2cn[nH]c2N1. The fourth-order valence-electron chi connectivity index (χ4n) is 2.89. The van der Waals surface area contributed by atoms with Crippen LogP contribution in [-0.4, -0.2) is 21.3 Å². The molecule has 0 radical (unpaired) electrons. The number of anilines is 1. The first-order valence-electron chi connectivity index (χ1n) is 7.14. The van der Waals surface area contributed by atoms with Gasteiger partial charge in [0, 0.05) is 22.2 Å². The number of benzene rings is 1. The van der Waals surface area contributed by atoms with Gasteiger partial charge in [-0.1, -0.05) is 43.1 Å². The van der Waals surface area contributed by atoms with E-state index in [-0.39, 0.29) is 0 Å². The molecule has 22 heavy (non-hydrogen) atoms. The smallest absolute Gasteiger partial charge is 0.334 e. The first kappa shape index (κ1) is 14.7. The van der Waals surface area contributed by atoms with E-state index in [4.69, 9.17) is 11.6 Å². The van der Waals surface area contributed by atoms with Crippen molar-refractivity contribution in [1.29, 1.82) is 0 Å². The van der Waals surface area contributed by atoms with Gasteiger partial charge in [0.2, 0.25) is 0 Å². The van der Waals surface area contributed by atoms with Gasteiger partial charge in [-0.25, -0.2) is 4.79 Å². The Labute approximate surface area is 133 Å². The third-order valence-electron chi connectivity index (χ3n) is 3.82. The van der Waals surface area contributed by atoms with Crippen LogP contribution in [0.5, 0.6) is 0 Å². The molecule has 1 unspecified atom stereocenters. The zero-order valence-corrected chi connectivity index (χ0v) is 12.8. The van der Waals surface area contributed by atoms with E-state index >= 15 is 0 Å². The molecule has 0 saturated heterocycles. The average Bonchev–Trinajstić information content (AvgIpc) is 2.94. The molecule has 1 aliphatic rings. The summed E-state index contributed by atoms with van der Waals surface area (Å²) in [5.74, 6) is -0.631. The van der Waals surface area contributed by atoms with Gasteiger partial charge < -0.3 is 10.4 Å². The van der Waals surface area contributed by atoms with Crippen molar-refractivity contribution in [1.82, 2.24) is 10.2 Å². The fourth-order valence-corrected chi connectivity index (χ4v) is 3.14. The minimum absolute atomic E-state index is 0.337. The van der Waals surface area contributed by atoms with Gasteiger partial charge in [-0.2, -0.15) is 5.10 Å². The molecule has 6 heteroatoms. The van der Waals surface area contributed by atoms with Gasteiger partial charge in [0.1, 0.15) is 5.82 Å². The van der Waals surface area contributed by atoms with Crippen LogP contribution < -0.4 is 5.32 Å². The number of H-pyrrole nitrogens is 1. The first-order valence-corrected chi connectivity index (χ1v) is 7.52. The van der Waals surface area contributed by atoms with Crippen LogP contribution in [0.1, 0.15) is 36.8 Å². The maximum atomic E-state index is 11.9. The van der Waals surface area contributed by atoms with Crippen LogP contribution >= 0.6 is 11.6 Å². The summed E-state index contributed by atoms with van der Waals surface area (Å²) in [4.78, 5) is 11.9. The fraction of sp³-hybridized carbons (Fsp3) is 0.250. The number of fused-ring (bicyclic) bond motifs is 1. The lowest BCUT2D eigenvalue weighted by atomic mass is 9.82. The van der Waals surface area contributed by atoms with Crippen molar-refractivity contribution in [3.63, 3.8) is 0 Å². The molecule has 1 aromatic heterocycles. The van der Waals surface area contributed by atoms with Crippen LogP contribution in [0.25, 0.3) is 0 Å². The van der Waals surface area contributed by atoms with Gasteiger partial charge in [0.25, 0.3) is 0 Å². The van der Waals surface area contributed by atoms with Crippen molar-refractivity contribution < 1.29 is 9.90 Å². The molecule has 0 saturated carbocycles. The van der Waals surface area contributed by atoms with Crippen LogP contribution in [0.4, 0.5) is 5.82 Å². The van der Waals surface area contributed by atoms with Crippen LogP contribution in [0.15, 0.2) is 41.7 Å². The zero-order chi connectivity index (χ0) is 15.7. The molecule has 114 valence electrons. The van der Waals surface area contributed by atoms with Gasteiger partial charge in [-0.3, -0.25) is 5.10 Å². The Morgan fingerprint density at radius 3 is 2.82 bits per heavy atom. The second-order valence-electron chi connectivity index (χ2n) is 5.23. The molecule has 1 aliphatic heterocycles. The summed E-state index contributed by atoms with van der Waals surface area (Å²) in [6.07, 6.45) is 3.15. The van der Waals surface area contributed by atoms with Crippen molar-refractivity contribution in [2.24, 2.45) is 0 Å². The summed E-state index contributed by atoms with van der Waals surface area (Å²) >= 11 is 6.32. The average molecular weight is 318 g/mol. The number of hydrogen-bond acceptors (Lipinski definition) is 3. The Morgan fingerprint density at radius 1 is 1.36 bits per heavy atom. The van der Waals surface area contributed by atoms with Crippen molar-refractivity contribution in [2.45, 2.75) is 25.7 Å². The third-order valence-corrected chi connectivity index (χ3v) is 4.16. The Kier molecular flexibility index (Phi) is 3.90. The highest BCUT2D eigenvalue weighted by molar-refractivity contribution is 6.31. The molecular weight excluding hydrogens is 302 g/mol. The summed E-state index contributed by atoms with van der Waals surface area (Å²) in [6, 6.07) is 7.33. The number of rotatable bonds is 4. The van der Waals surface area contributed by atoms with E-state index in [0.717, 1.165) is 23.4 Å². The standard InChI is InChI=1S/C16H16ClN3O2/c1-2-5-12-14(16(21)22)13(9-6-3-4-7-11(9)17)10-8-18-20-15(10)19-12/h3-4,6-8,13H,2,5H2,1H3,(H,21,22)(H2,18,19,20). The minimum Gasteiger partial charge on any atom is -0.478 e. The molecule has 2 aromatic rings. The second kappa shape index (κ2) is 5.85. The topological polar surface area (TPSA) is 78.0 Å². The van der Waals surface area contributed by atoms with E-state index < -0.39 is 11.9 Å². The molecule has 2 heterocycles. The molecule has 5 nitrogen and oxygen atoms in total. The highest BCUT2D eigenvalue weighted by atomic mass is 35.5. The quantitative estimate of drug-likeness (QED) is 0.802. The highest BCUT2D eigenvalue weighted by Crippen LogP contribution is 2.43. The van der Waals surface area contributed by atoms with E-state index in [9.17, 15) is 9.90 Å². The Bertz CT molecular complexity index is 751. The number of carbonyl (C=O) groups is 1. The summed E-state index contributed by atoms with van der Waals surface area (Å²) in [6.45, 7) is 2.02. The highest BCUT2D eigenvalue weighted by Gasteiger charge is 2.35. The number of nitrogens with one attached hydrogen (secondary N) is 2. The van der Waals surface area contributed by atoms with Gasteiger partial charge in [-0.15, -0.1) is 0 Å². The number of carboxylic acid groups (broad SMARTS) is 1. The van der Waals surface area contributed by atoms with Crippen molar-refractivity contribution in [2.75, 3.05) is 5.32 Å². The molecule has 0 amide bonds. The van der Waals surface area contributed by atoms with Crippen LogP contribution in [-0.2, 0) is 4.79 Å². The number of aromatic nitrogens is 2. The van der Waals surface area contributed by atoms with Crippen molar-refractivity contribution >= 4 is 23.4 Å². The third kappa shape index (κ3) is 2.37. The number of allylic oxidation sites excluding steroid dienone is 1. The Morgan fingerprint density at radius 2 is 2.14 bits per heavy atom. The molecule has 0 fully saturated rings. The molecule has 0 aliphatic carbocycles. The number of aromatic amines is 1. The number of nitrogens with zero attached hydrogens (tertiary/aromatic N) is 1. The number of halogens is 1. The predicted molar refractivity (Wildman–Crippen MR) is 85.1 cm³/mol. The van der Waals surface area contributed by atoms with E-state index in [1.54, 1.807) is 12.3 Å². The van der Waals surface area contributed by atoms with E-state index in [1.807, 2.05) is 25.1 Å². The normalized spacial score (nSPS) is 17.1. The molecule has 1 aromatic carbocycles. The van der Waals surface area contributed by atoms with E-state index in [0.29, 0.717) is 22.7 Å². The minimum atomic E-state index is -0.937. The number of hydrogen-bond donors (Lipinski definition) is 3. The first-order chi connectivity index (χ1) is 10.6. The molecular formula is C16H16ClN3O2. The van der Waals surface area contributed by atoms with Crippen molar-refractivity contribution in [3.8, 4) is 0 Å². The maximum Gasteiger partial charge on any atom is 0.334 e. The molecule has 3 N–H and O–H groups in total. The van der Waals surface area contributed by atoms with E-state index in [1.165, 1.54) is 0 Å². The monoisotopic (exact) mass is 317 g/mol. The lowest BCUT2D eigenvalue weighted by Gasteiger charge is -2.28. The second-order valence-corrected chi connectivity index (χ2v) is 5.63. The van der Waals surface area contributed by atoms with Crippen molar-refractivity contribution in [3.05, 3.63) is 57.9 Å². The van der Waals surface area contributed by atoms with E-state index in [2.05, 4.69) is 15.5 Å². The molecule has 3 rings (SSSR count). The molecule has 0 bridgehead atoms. The van der Waals surface area contributed by atoms with Crippen LogP contribution in [0.3, 0.4) is 0 Å². The number of aliphatic carboxylic acids is 1. The maximum absolute atomic E-state index is 11.9. The lowest BCUT2D eigenvalue weighted by molar-refractivity contribution is -0.133. The summed E-state index contributed by atoms with van der Waals surface area (Å²) < 4.78 is 0. The number of carboxylic acids is 1. The molecule has 1 atom stereocenters. The summed E-state index contributed by atoms with van der Waals surface area (Å²) in [5.41, 5.74) is 2.62. The van der Waals surface area contributed by atoms with Crippen LogP contribution in [0, 0.1) is 0 Å². The van der Waals surface area contributed by atoms with Gasteiger partial charge in [0.15, 0.2) is 0 Å². The largest absolute Gasteiger partial charge is 0.478 e. The lowest BCUT2D eigenvalue weighted by Crippen LogP contribution is -2.23. The zero-order valence-electron chi connectivity index (χ0n) is 12.1. The summed E-state index contributed by atoms with van der Waals surface area (Å²) in [7, 11) is 0. The Balaban J connectivity index is 2.23. The summed E-state index contributed by atoms with van der Waals surface area (Å²) in [5, 5.41) is 20.4. The molecule has 0 spiro atoms. The van der Waals surface area contributed by atoms with Gasteiger partial charge >= 0.3 is 5.97 Å². The van der Waals surface area contributed by atoms with Gasteiger partial charge in [0.05, 0.1) is 11.8 Å². The van der Waals surface area contributed by atoms with Gasteiger partial charge in [-0.05, 0) is 18.1 Å². The predicted octanol–water partition coefficient (Wildman–Crippen LogP) is 3.76. The van der Waals surface area contributed by atoms with Crippen LogP contribution in [0.2, 0.25) is 5.02 Å².